The average Bonchev–Trinajstić information content (AvgIpc) is 2.83. The second-order valence-corrected chi connectivity index (χ2v) is 8.26. The molecule has 1 unspecified atom stereocenters. The summed E-state index contributed by atoms with van der Waals surface area (Å²) in [6.07, 6.45) is -4.46. The molecule has 0 heterocycles. The van der Waals surface area contributed by atoms with Gasteiger partial charge >= 0.3 is 6.18 Å². The van der Waals surface area contributed by atoms with E-state index in [2.05, 4.69) is 11.8 Å². The van der Waals surface area contributed by atoms with Crippen LogP contribution in [0.5, 0.6) is 0 Å². The maximum absolute atomic E-state index is 14.4. The molecule has 164 valence electrons. The molecule has 0 aliphatic carbocycles. The number of rotatable bonds is 3. The highest BCUT2D eigenvalue weighted by atomic mass is 19.4. The molecule has 0 aromatic heterocycles. The summed E-state index contributed by atoms with van der Waals surface area (Å²) >= 11 is 0. The zero-order chi connectivity index (χ0) is 23.5. The fourth-order valence-corrected chi connectivity index (χ4v) is 3.79. The lowest BCUT2D eigenvalue weighted by Crippen LogP contribution is -2.40. The van der Waals surface area contributed by atoms with Gasteiger partial charge in [0.25, 0.3) is 0 Å². The molecule has 3 heteroatoms. The molecule has 4 aromatic rings. The fraction of sp³-hybridized carbons (Fsp3) is 0.133. The van der Waals surface area contributed by atoms with Crippen LogP contribution in [0.2, 0.25) is 0 Å². The van der Waals surface area contributed by atoms with E-state index in [4.69, 9.17) is 0 Å². The van der Waals surface area contributed by atoms with Crippen LogP contribution in [0, 0.1) is 18.8 Å². The Morgan fingerprint density at radius 2 is 0.970 bits per heavy atom. The lowest BCUT2D eigenvalue weighted by molar-refractivity contribution is -0.173. The van der Waals surface area contributed by atoms with Crippen LogP contribution in [0.15, 0.2) is 103 Å². The summed E-state index contributed by atoms with van der Waals surface area (Å²) in [5, 5.41) is 0. The number of benzene rings is 4. The van der Waals surface area contributed by atoms with Crippen LogP contribution >= 0.6 is 0 Å². The zero-order valence-corrected chi connectivity index (χ0v) is 18.4. The third-order valence-electron chi connectivity index (χ3n) is 6.00. The van der Waals surface area contributed by atoms with Crippen LogP contribution in [-0.2, 0) is 5.41 Å². The van der Waals surface area contributed by atoms with Crippen molar-refractivity contribution in [1.82, 2.24) is 0 Å². The summed E-state index contributed by atoms with van der Waals surface area (Å²) in [5.41, 5.74) is 2.77. The second kappa shape index (κ2) is 9.00. The number of alkyl halides is 3. The Balaban J connectivity index is 1.66. The van der Waals surface area contributed by atoms with Crippen molar-refractivity contribution in [2.75, 3.05) is 0 Å². The minimum Gasteiger partial charge on any atom is -0.170 e. The highest BCUT2D eigenvalue weighted by molar-refractivity contribution is 5.64. The van der Waals surface area contributed by atoms with E-state index in [9.17, 15) is 13.2 Å². The average molecular weight is 441 g/mol. The summed E-state index contributed by atoms with van der Waals surface area (Å²) in [6.45, 7) is 3.23. The standard InChI is InChI=1S/C30H23F3/c1-22-8-14-25(15-9-22)26-16-20-28(21-17-26)29(2,30(31,32)33)27-18-12-24(13-19-27)11-10-23-6-4-3-5-7-23/h3-9,12-21H,1-2H3. The van der Waals surface area contributed by atoms with Gasteiger partial charge in [0.05, 0.1) is 0 Å². The van der Waals surface area contributed by atoms with Crippen molar-refractivity contribution in [3.05, 3.63) is 131 Å². The monoisotopic (exact) mass is 440 g/mol. The molecule has 0 aliphatic heterocycles. The normalized spacial score (nSPS) is 13.0. The number of halogens is 3. The topological polar surface area (TPSA) is 0 Å². The predicted molar refractivity (Wildman–Crippen MR) is 128 cm³/mol. The molecule has 33 heavy (non-hydrogen) atoms. The number of hydrogen-bond acceptors (Lipinski definition) is 0. The van der Waals surface area contributed by atoms with Crippen LogP contribution in [0.3, 0.4) is 0 Å². The molecule has 0 fully saturated rings. The van der Waals surface area contributed by atoms with Crippen LogP contribution < -0.4 is 0 Å². The molecular weight excluding hydrogens is 417 g/mol. The second-order valence-electron chi connectivity index (χ2n) is 8.26. The molecule has 0 amide bonds. The van der Waals surface area contributed by atoms with Gasteiger partial charge in [-0.1, -0.05) is 96.3 Å². The molecule has 4 aromatic carbocycles. The Kier molecular flexibility index (Phi) is 6.11. The lowest BCUT2D eigenvalue weighted by Gasteiger charge is -2.33. The molecule has 0 bridgehead atoms. The Morgan fingerprint density at radius 3 is 1.45 bits per heavy atom. The minimum atomic E-state index is -4.46. The summed E-state index contributed by atoms with van der Waals surface area (Å²) < 4.78 is 43.2. The van der Waals surface area contributed by atoms with Gasteiger partial charge in [-0.2, -0.15) is 13.2 Å². The minimum absolute atomic E-state index is 0.184. The van der Waals surface area contributed by atoms with E-state index in [1.165, 1.54) is 19.1 Å². The first-order valence-corrected chi connectivity index (χ1v) is 10.7. The van der Waals surface area contributed by atoms with Gasteiger partial charge in [0, 0.05) is 11.1 Å². The van der Waals surface area contributed by atoms with E-state index in [-0.39, 0.29) is 11.1 Å². The van der Waals surface area contributed by atoms with Crippen molar-refractivity contribution < 1.29 is 13.2 Å². The van der Waals surface area contributed by atoms with Gasteiger partial charge in [0.15, 0.2) is 0 Å². The fourth-order valence-electron chi connectivity index (χ4n) is 3.79. The van der Waals surface area contributed by atoms with E-state index >= 15 is 0 Å². The Hall–Kier alpha value is -3.77. The van der Waals surface area contributed by atoms with Crippen molar-refractivity contribution in [3.63, 3.8) is 0 Å². The van der Waals surface area contributed by atoms with Crippen molar-refractivity contribution in [3.8, 4) is 23.0 Å². The highest BCUT2D eigenvalue weighted by Crippen LogP contribution is 2.46. The van der Waals surface area contributed by atoms with Gasteiger partial charge in [0.2, 0.25) is 0 Å². The molecule has 1 atom stereocenters. The molecule has 4 rings (SSSR count). The Morgan fingerprint density at radius 1 is 0.545 bits per heavy atom. The molecule has 0 nitrogen and oxygen atoms in total. The first-order chi connectivity index (χ1) is 15.8. The number of hydrogen-bond donors (Lipinski definition) is 0. The molecule has 0 N–H and O–H groups in total. The van der Waals surface area contributed by atoms with E-state index in [1.807, 2.05) is 61.5 Å². The van der Waals surface area contributed by atoms with Crippen LogP contribution in [0.4, 0.5) is 13.2 Å². The van der Waals surface area contributed by atoms with Gasteiger partial charge in [-0.3, -0.25) is 0 Å². The van der Waals surface area contributed by atoms with Crippen molar-refractivity contribution >= 4 is 0 Å². The summed E-state index contributed by atoms with van der Waals surface area (Å²) in [6, 6.07) is 30.4. The highest BCUT2D eigenvalue weighted by Gasteiger charge is 2.53. The smallest absolute Gasteiger partial charge is 0.170 e. The molecular formula is C30H23F3. The molecule has 0 spiro atoms. The van der Waals surface area contributed by atoms with Crippen molar-refractivity contribution in [1.29, 1.82) is 0 Å². The summed E-state index contributed by atoms with van der Waals surface area (Å²) in [5.74, 6) is 6.05. The maximum Gasteiger partial charge on any atom is 0.402 e. The third-order valence-corrected chi connectivity index (χ3v) is 6.00. The predicted octanol–water partition coefficient (Wildman–Crippen LogP) is 7.93. The van der Waals surface area contributed by atoms with Gasteiger partial charge in [-0.05, 0) is 60.4 Å². The van der Waals surface area contributed by atoms with E-state index < -0.39 is 11.6 Å². The maximum atomic E-state index is 14.4. The molecule has 0 saturated carbocycles. The van der Waals surface area contributed by atoms with Crippen LogP contribution in [0.1, 0.15) is 34.7 Å². The summed E-state index contributed by atoms with van der Waals surface area (Å²) in [7, 11) is 0. The van der Waals surface area contributed by atoms with Crippen molar-refractivity contribution in [2.24, 2.45) is 0 Å². The zero-order valence-electron chi connectivity index (χ0n) is 18.4. The first-order valence-electron chi connectivity index (χ1n) is 10.7. The number of aryl methyl sites for hydroxylation is 1. The van der Waals surface area contributed by atoms with Gasteiger partial charge < -0.3 is 0 Å². The Bertz CT molecular complexity index is 1270. The van der Waals surface area contributed by atoms with Gasteiger partial charge in [-0.15, -0.1) is 0 Å². The van der Waals surface area contributed by atoms with Gasteiger partial charge in [-0.25, -0.2) is 0 Å². The van der Waals surface area contributed by atoms with Crippen molar-refractivity contribution in [2.45, 2.75) is 25.4 Å². The molecule has 0 radical (unpaired) electrons. The van der Waals surface area contributed by atoms with Gasteiger partial charge in [0.1, 0.15) is 5.41 Å². The molecule has 0 aliphatic rings. The first kappa shape index (κ1) is 22.4. The largest absolute Gasteiger partial charge is 0.402 e. The SMILES string of the molecule is Cc1ccc(-c2ccc(C(C)(c3ccc(C#Cc4ccccc4)cc3)C(F)(F)F)cc2)cc1. The third kappa shape index (κ3) is 4.71. The van der Waals surface area contributed by atoms with E-state index in [0.29, 0.717) is 5.56 Å². The van der Waals surface area contributed by atoms with E-state index in [0.717, 1.165) is 22.3 Å². The lowest BCUT2D eigenvalue weighted by atomic mass is 9.75. The Labute approximate surface area is 192 Å². The van der Waals surface area contributed by atoms with Crippen LogP contribution in [-0.4, -0.2) is 6.18 Å². The van der Waals surface area contributed by atoms with Crippen LogP contribution in [0.25, 0.3) is 11.1 Å². The molecule has 0 saturated heterocycles. The quantitative estimate of drug-likeness (QED) is 0.284. The summed E-state index contributed by atoms with van der Waals surface area (Å²) in [4.78, 5) is 0. The van der Waals surface area contributed by atoms with E-state index in [1.54, 1.807) is 36.4 Å².